The Balaban J connectivity index is 1.97. The first-order valence-corrected chi connectivity index (χ1v) is 6.69. The highest BCUT2D eigenvalue weighted by Gasteiger charge is 2.48. The van der Waals surface area contributed by atoms with Crippen LogP contribution in [0.2, 0.25) is 5.15 Å². The molecule has 4 nitrogen and oxygen atoms in total. The maximum atomic E-state index is 6.22. The summed E-state index contributed by atoms with van der Waals surface area (Å²) in [5.41, 5.74) is 2.27. The number of rotatable bonds is 4. The molecule has 0 amide bonds. The molecule has 1 aromatic rings. The standard InChI is InChI=1S/C13H22ClN3O/c1-8-9(12(14)17(4)16-8)7-15-10-6-11(18-5)13(10,2)3/h10-11,15H,6-7H2,1-5H3. The Bertz CT molecular complexity index is 442. The average Bonchev–Trinajstić information content (AvgIpc) is 2.54. The first kappa shape index (κ1) is 13.8. The monoisotopic (exact) mass is 271 g/mol. The summed E-state index contributed by atoms with van der Waals surface area (Å²) in [5.74, 6) is 0. The van der Waals surface area contributed by atoms with Crippen LogP contribution in [0.1, 0.15) is 31.5 Å². The van der Waals surface area contributed by atoms with Crippen LogP contribution in [0.25, 0.3) is 0 Å². The van der Waals surface area contributed by atoms with Gasteiger partial charge >= 0.3 is 0 Å². The molecule has 1 N–H and O–H groups in total. The second-order valence-corrected chi connectivity index (χ2v) is 6.05. The number of methoxy groups -OCH3 is 1. The second kappa shape index (κ2) is 4.83. The third-order valence-electron chi connectivity index (χ3n) is 4.26. The molecule has 1 saturated carbocycles. The Kier molecular flexibility index (Phi) is 3.72. The Hall–Kier alpha value is -0.580. The van der Waals surface area contributed by atoms with Crippen molar-refractivity contribution in [1.29, 1.82) is 0 Å². The lowest BCUT2D eigenvalue weighted by atomic mass is 9.64. The van der Waals surface area contributed by atoms with Crippen LogP contribution in [0.3, 0.4) is 0 Å². The summed E-state index contributed by atoms with van der Waals surface area (Å²) in [6, 6.07) is 0.470. The van der Waals surface area contributed by atoms with E-state index < -0.39 is 0 Å². The number of aryl methyl sites for hydroxylation is 2. The maximum Gasteiger partial charge on any atom is 0.131 e. The predicted octanol–water partition coefficient (Wildman–Crippen LogP) is 2.29. The van der Waals surface area contributed by atoms with Crippen LogP contribution in [0.4, 0.5) is 0 Å². The van der Waals surface area contributed by atoms with Gasteiger partial charge in [0.15, 0.2) is 0 Å². The van der Waals surface area contributed by atoms with E-state index in [-0.39, 0.29) is 5.41 Å². The van der Waals surface area contributed by atoms with Crippen LogP contribution in [0, 0.1) is 12.3 Å². The van der Waals surface area contributed by atoms with Crippen LogP contribution in [-0.2, 0) is 18.3 Å². The van der Waals surface area contributed by atoms with Crippen LogP contribution in [0.5, 0.6) is 0 Å². The molecule has 0 saturated heterocycles. The van der Waals surface area contributed by atoms with Gasteiger partial charge < -0.3 is 10.1 Å². The molecule has 0 aromatic carbocycles. The fourth-order valence-electron chi connectivity index (χ4n) is 2.73. The summed E-state index contributed by atoms with van der Waals surface area (Å²) >= 11 is 6.22. The van der Waals surface area contributed by atoms with Crippen LogP contribution >= 0.6 is 11.6 Å². The Labute approximate surface area is 114 Å². The van der Waals surface area contributed by atoms with Gasteiger partial charge in [-0.15, -0.1) is 0 Å². The van der Waals surface area contributed by atoms with Gasteiger partial charge in [0.25, 0.3) is 0 Å². The van der Waals surface area contributed by atoms with Gasteiger partial charge in [0.1, 0.15) is 5.15 Å². The van der Waals surface area contributed by atoms with Crippen LogP contribution in [0.15, 0.2) is 0 Å². The predicted molar refractivity (Wildman–Crippen MR) is 72.8 cm³/mol. The third-order valence-corrected chi connectivity index (χ3v) is 4.73. The minimum absolute atomic E-state index is 0.178. The minimum Gasteiger partial charge on any atom is -0.381 e. The molecule has 0 aliphatic heterocycles. The van der Waals surface area contributed by atoms with E-state index in [1.165, 1.54) is 0 Å². The zero-order valence-electron chi connectivity index (χ0n) is 11.7. The molecule has 5 heteroatoms. The Morgan fingerprint density at radius 1 is 1.56 bits per heavy atom. The van der Waals surface area contributed by atoms with Gasteiger partial charge in [-0.05, 0) is 13.3 Å². The molecule has 1 aromatic heterocycles. The second-order valence-electron chi connectivity index (χ2n) is 5.69. The molecule has 2 rings (SSSR count). The van der Waals surface area contributed by atoms with Gasteiger partial charge in [-0.3, -0.25) is 4.68 Å². The van der Waals surface area contributed by atoms with E-state index in [1.807, 2.05) is 14.0 Å². The molecule has 1 aliphatic carbocycles. The van der Waals surface area contributed by atoms with E-state index in [0.29, 0.717) is 12.1 Å². The van der Waals surface area contributed by atoms with Crippen molar-refractivity contribution in [3.05, 3.63) is 16.4 Å². The van der Waals surface area contributed by atoms with Crippen molar-refractivity contribution in [3.8, 4) is 0 Å². The highest BCUT2D eigenvalue weighted by atomic mass is 35.5. The summed E-state index contributed by atoms with van der Waals surface area (Å²) < 4.78 is 7.17. The minimum atomic E-state index is 0.178. The molecule has 0 bridgehead atoms. The molecule has 1 heterocycles. The summed E-state index contributed by atoms with van der Waals surface area (Å²) in [6.07, 6.45) is 1.40. The van der Waals surface area contributed by atoms with Crippen LogP contribution in [-0.4, -0.2) is 29.0 Å². The zero-order chi connectivity index (χ0) is 13.5. The quantitative estimate of drug-likeness (QED) is 0.913. The molecule has 1 aliphatic rings. The molecule has 18 heavy (non-hydrogen) atoms. The van der Waals surface area contributed by atoms with E-state index in [1.54, 1.807) is 11.8 Å². The van der Waals surface area contributed by atoms with Gasteiger partial charge in [0.2, 0.25) is 0 Å². The van der Waals surface area contributed by atoms with E-state index in [2.05, 4.69) is 24.3 Å². The maximum absolute atomic E-state index is 6.22. The van der Waals surface area contributed by atoms with Gasteiger partial charge in [-0.25, -0.2) is 0 Å². The number of ether oxygens (including phenoxy) is 1. The van der Waals surface area contributed by atoms with E-state index in [9.17, 15) is 0 Å². The van der Waals surface area contributed by atoms with Crippen LogP contribution < -0.4 is 5.32 Å². The zero-order valence-corrected chi connectivity index (χ0v) is 12.5. The van der Waals surface area contributed by atoms with Gasteiger partial charge in [-0.1, -0.05) is 25.4 Å². The van der Waals surface area contributed by atoms with Crippen molar-refractivity contribution in [3.63, 3.8) is 0 Å². The smallest absolute Gasteiger partial charge is 0.131 e. The summed E-state index contributed by atoms with van der Waals surface area (Å²) in [4.78, 5) is 0. The molecular weight excluding hydrogens is 250 g/mol. The van der Waals surface area contributed by atoms with Crippen molar-refractivity contribution in [2.75, 3.05) is 7.11 Å². The lowest BCUT2D eigenvalue weighted by molar-refractivity contribution is -0.0979. The fraction of sp³-hybridized carbons (Fsp3) is 0.769. The van der Waals surface area contributed by atoms with E-state index in [4.69, 9.17) is 16.3 Å². The average molecular weight is 272 g/mol. The van der Waals surface area contributed by atoms with Gasteiger partial charge in [0, 0.05) is 37.7 Å². The number of halogens is 1. The van der Waals surface area contributed by atoms with Crippen molar-refractivity contribution in [1.82, 2.24) is 15.1 Å². The topological polar surface area (TPSA) is 39.1 Å². The van der Waals surface area contributed by atoms with Crippen molar-refractivity contribution >= 4 is 11.6 Å². The molecule has 2 atom stereocenters. The van der Waals surface area contributed by atoms with Gasteiger partial charge in [0.05, 0.1) is 11.8 Å². The molecule has 2 unspecified atom stereocenters. The molecule has 0 radical (unpaired) electrons. The van der Waals surface area contributed by atoms with Crippen molar-refractivity contribution < 1.29 is 4.74 Å². The first-order valence-electron chi connectivity index (χ1n) is 6.32. The molecular formula is C13H22ClN3O. The highest BCUT2D eigenvalue weighted by molar-refractivity contribution is 6.30. The third kappa shape index (κ3) is 2.17. The summed E-state index contributed by atoms with van der Waals surface area (Å²) in [7, 11) is 3.65. The lowest BCUT2D eigenvalue weighted by Gasteiger charge is -2.51. The number of hydrogen-bond donors (Lipinski definition) is 1. The van der Waals surface area contributed by atoms with Gasteiger partial charge in [-0.2, -0.15) is 5.10 Å². The van der Waals surface area contributed by atoms with E-state index in [0.717, 1.165) is 29.4 Å². The Morgan fingerprint density at radius 2 is 2.22 bits per heavy atom. The number of hydrogen-bond acceptors (Lipinski definition) is 3. The molecule has 102 valence electrons. The largest absolute Gasteiger partial charge is 0.381 e. The number of aromatic nitrogens is 2. The fourth-order valence-corrected chi connectivity index (χ4v) is 2.97. The van der Waals surface area contributed by atoms with E-state index >= 15 is 0 Å². The number of nitrogens with zero attached hydrogens (tertiary/aromatic N) is 2. The highest BCUT2D eigenvalue weighted by Crippen LogP contribution is 2.42. The van der Waals surface area contributed by atoms with Crippen molar-refractivity contribution in [2.45, 2.75) is 45.9 Å². The number of nitrogens with one attached hydrogen (secondary N) is 1. The SMILES string of the molecule is COC1CC(NCc2c(C)nn(C)c2Cl)C1(C)C. The normalized spacial score (nSPS) is 26.1. The van der Waals surface area contributed by atoms with Crippen molar-refractivity contribution in [2.24, 2.45) is 12.5 Å². The first-order chi connectivity index (χ1) is 8.37. The Morgan fingerprint density at radius 3 is 2.67 bits per heavy atom. The summed E-state index contributed by atoms with van der Waals surface area (Å²) in [5, 5.41) is 8.61. The molecule has 1 fully saturated rings. The summed E-state index contributed by atoms with van der Waals surface area (Å²) in [6.45, 7) is 7.23. The molecule has 0 spiro atoms. The lowest BCUT2D eigenvalue weighted by Crippen LogP contribution is -2.60.